The molecule has 4 nitrogen and oxygen atoms in total. The summed E-state index contributed by atoms with van der Waals surface area (Å²) >= 11 is 0. The van der Waals surface area contributed by atoms with Gasteiger partial charge in [-0.25, -0.2) is 4.39 Å². The minimum absolute atomic E-state index is 0.222. The minimum Gasteiger partial charge on any atom is -0.291 e. The number of nitrogens with zero attached hydrogens (tertiary/aromatic N) is 3. The first-order valence-corrected chi connectivity index (χ1v) is 8.64. The SMILES string of the molecule is Cc1cc(N2CCCCCC2)[n+]2[nH]cc(-c3ccc(F)cc3)c2n1. The molecule has 2 aromatic heterocycles. The zero-order valence-corrected chi connectivity index (χ0v) is 13.9. The Bertz CT molecular complexity index is 846. The Labute approximate surface area is 140 Å². The monoisotopic (exact) mass is 325 g/mol. The number of aryl methyl sites for hydroxylation is 1. The fourth-order valence-corrected chi connectivity index (χ4v) is 3.49. The van der Waals surface area contributed by atoms with Crippen molar-refractivity contribution in [2.75, 3.05) is 18.0 Å². The highest BCUT2D eigenvalue weighted by Gasteiger charge is 2.23. The van der Waals surface area contributed by atoms with Crippen molar-refractivity contribution >= 4 is 11.5 Å². The second-order valence-corrected chi connectivity index (χ2v) is 6.51. The van der Waals surface area contributed by atoms with Gasteiger partial charge in [0.1, 0.15) is 11.5 Å². The summed E-state index contributed by atoms with van der Waals surface area (Å²) in [5.74, 6) is 0.938. The van der Waals surface area contributed by atoms with Crippen LogP contribution in [0.25, 0.3) is 16.8 Å². The van der Waals surface area contributed by atoms with Gasteiger partial charge in [0.2, 0.25) is 5.82 Å². The number of aromatic nitrogens is 3. The predicted octanol–water partition coefficient (Wildman–Crippen LogP) is 3.64. The highest BCUT2D eigenvalue weighted by Crippen LogP contribution is 2.24. The molecule has 0 atom stereocenters. The van der Waals surface area contributed by atoms with E-state index in [-0.39, 0.29) is 5.82 Å². The molecule has 0 unspecified atom stereocenters. The summed E-state index contributed by atoms with van der Waals surface area (Å²) < 4.78 is 15.3. The molecule has 1 N–H and O–H groups in total. The van der Waals surface area contributed by atoms with Crippen molar-refractivity contribution in [3.8, 4) is 11.1 Å². The van der Waals surface area contributed by atoms with E-state index >= 15 is 0 Å². The Morgan fingerprint density at radius 2 is 1.79 bits per heavy atom. The van der Waals surface area contributed by atoms with Crippen LogP contribution in [0.1, 0.15) is 31.4 Å². The van der Waals surface area contributed by atoms with E-state index in [9.17, 15) is 4.39 Å². The lowest BCUT2D eigenvalue weighted by Crippen LogP contribution is -2.37. The Morgan fingerprint density at radius 3 is 2.50 bits per heavy atom. The van der Waals surface area contributed by atoms with Gasteiger partial charge in [0.05, 0.1) is 24.7 Å². The van der Waals surface area contributed by atoms with Crippen molar-refractivity contribution in [2.24, 2.45) is 0 Å². The van der Waals surface area contributed by atoms with E-state index < -0.39 is 0 Å². The van der Waals surface area contributed by atoms with Crippen molar-refractivity contribution in [3.05, 3.63) is 48.0 Å². The second-order valence-electron chi connectivity index (χ2n) is 6.51. The fraction of sp³-hybridized carbons (Fsp3) is 0.368. The van der Waals surface area contributed by atoms with E-state index in [4.69, 9.17) is 4.98 Å². The third-order valence-electron chi connectivity index (χ3n) is 4.73. The van der Waals surface area contributed by atoms with Crippen LogP contribution in [0.4, 0.5) is 10.2 Å². The summed E-state index contributed by atoms with van der Waals surface area (Å²) in [5.41, 5.74) is 3.85. The summed E-state index contributed by atoms with van der Waals surface area (Å²) in [6, 6.07) is 8.72. The Morgan fingerprint density at radius 1 is 1.08 bits per heavy atom. The van der Waals surface area contributed by atoms with Crippen LogP contribution in [-0.4, -0.2) is 23.2 Å². The van der Waals surface area contributed by atoms with Gasteiger partial charge in [-0.05, 0) is 37.5 Å². The number of aromatic amines is 1. The Hall–Kier alpha value is -2.43. The molecule has 3 heterocycles. The molecule has 0 radical (unpaired) electrons. The average Bonchev–Trinajstić information content (AvgIpc) is 2.81. The molecule has 1 aliphatic rings. The normalized spacial score (nSPS) is 15.7. The van der Waals surface area contributed by atoms with Crippen molar-refractivity contribution in [1.29, 1.82) is 0 Å². The van der Waals surface area contributed by atoms with Crippen molar-refractivity contribution in [2.45, 2.75) is 32.6 Å². The first kappa shape index (κ1) is 15.1. The number of H-pyrrole nitrogens is 1. The maximum absolute atomic E-state index is 13.2. The summed E-state index contributed by atoms with van der Waals surface area (Å²) in [6.07, 6.45) is 7.03. The highest BCUT2D eigenvalue weighted by molar-refractivity contribution is 5.74. The van der Waals surface area contributed by atoms with E-state index in [2.05, 4.69) is 20.6 Å². The first-order valence-electron chi connectivity index (χ1n) is 8.64. The molecule has 0 saturated carbocycles. The third-order valence-corrected chi connectivity index (χ3v) is 4.73. The van der Waals surface area contributed by atoms with Gasteiger partial charge in [0.25, 0.3) is 5.65 Å². The van der Waals surface area contributed by atoms with Gasteiger partial charge in [-0.15, -0.1) is 9.50 Å². The highest BCUT2D eigenvalue weighted by atomic mass is 19.1. The van der Waals surface area contributed by atoms with E-state index in [1.54, 1.807) is 12.1 Å². The van der Waals surface area contributed by atoms with Gasteiger partial charge >= 0.3 is 0 Å². The van der Waals surface area contributed by atoms with E-state index in [1.165, 1.54) is 37.8 Å². The lowest BCUT2D eigenvalue weighted by Gasteiger charge is -2.17. The smallest absolute Gasteiger partial charge is 0.291 e. The predicted molar refractivity (Wildman–Crippen MR) is 92.6 cm³/mol. The van der Waals surface area contributed by atoms with Gasteiger partial charge < -0.3 is 0 Å². The van der Waals surface area contributed by atoms with Crippen molar-refractivity contribution in [3.63, 3.8) is 0 Å². The Balaban J connectivity index is 1.83. The standard InChI is InChI=1S/C19H21FN4/c1-14-12-18(23-10-4-2-3-5-11-23)24-19(22-14)17(13-21-24)15-6-8-16(20)9-7-15/h6-9,12-13H,2-5,10-11H2,1H3/p+1. The van der Waals surface area contributed by atoms with Gasteiger partial charge in [0.15, 0.2) is 0 Å². The van der Waals surface area contributed by atoms with E-state index in [0.717, 1.165) is 41.4 Å². The number of halogens is 1. The lowest BCUT2D eigenvalue weighted by molar-refractivity contribution is -0.566. The van der Waals surface area contributed by atoms with Gasteiger partial charge in [-0.1, -0.05) is 25.0 Å². The average molecular weight is 325 g/mol. The molecule has 24 heavy (non-hydrogen) atoms. The van der Waals surface area contributed by atoms with Crippen LogP contribution in [0.15, 0.2) is 36.5 Å². The summed E-state index contributed by atoms with van der Waals surface area (Å²) in [7, 11) is 0. The molecular weight excluding hydrogens is 303 g/mol. The molecule has 1 aromatic carbocycles. The zero-order valence-electron chi connectivity index (χ0n) is 13.9. The molecule has 0 aliphatic carbocycles. The molecule has 3 aromatic rings. The fourth-order valence-electron chi connectivity index (χ4n) is 3.49. The zero-order chi connectivity index (χ0) is 16.5. The number of anilines is 1. The van der Waals surface area contributed by atoms with Crippen LogP contribution in [0, 0.1) is 12.7 Å². The largest absolute Gasteiger partial charge is 0.294 e. The molecule has 1 fully saturated rings. The number of rotatable bonds is 2. The molecule has 4 rings (SSSR count). The molecule has 5 heteroatoms. The van der Waals surface area contributed by atoms with Crippen LogP contribution in [0.2, 0.25) is 0 Å². The molecule has 1 saturated heterocycles. The van der Waals surface area contributed by atoms with Crippen molar-refractivity contribution < 1.29 is 8.91 Å². The molecule has 1 aliphatic heterocycles. The maximum Gasteiger partial charge on any atom is 0.294 e. The summed E-state index contributed by atoms with van der Waals surface area (Å²) in [6.45, 7) is 4.19. The molecule has 0 spiro atoms. The topological polar surface area (TPSA) is 36.0 Å². The van der Waals surface area contributed by atoms with Gasteiger partial charge in [0, 0.05) is 6.20 Å². The number of fused-ring (bicyclic) bond motifs is 1. The number of hydrogen-bond acceptors (Lipinski definition) is 2. The second kappa shape index (κ2) is 6.23. The number of nitrogens with one attached hydrogen (secondary N) is 1. The maximum atomic E-state index is 13.2. The van der Waals surface area contributed by atoms with Crippen molar-refractivity contribution in [1.82, 2.24) is 10.1 Å². The van der Waals surface area contributed by atoms with Gasteiger partial charge in [-0.3, -0.25) is 10.00 Å². The molecule has 0 bridgehead atoms. The van der Waals surface area contributed by atoms with Crippen LogP contribution in [0.3, 0.4) is 0 Å². The molecule has 0 amide bonds. The Kier molecular flexibility index (Phi) is 3.92. The van der Waals surface area contributed by atoms with E-state index in [1.807, 2.05) is 13.1 Å². The first-order chi connectivity index (χ1) is 11.7. The van der Waals surface area contributed by atoms with E-state index in [0.29, 0.717) is 0 Å². The molecular formula is C19H22FN4+. The lowest BCUT2D eigenvalue weighted by atomic mass is 10.1. The van der Waals surface area contributed by atoms with Crippen LogP contribution < -0.4 is 9.42 Å². The molecule has 124 valence electrons. The minimum atomic E-state index is -0.222. The third kappa shape index (κ3) is 2.75. The quantitative estimate of drug-likeness (QED) is 0.730. The summed E-state index contributed by atoms with van der Waals surface area (Å²) in [5, 5.41) is 3.33. The van der Waals surface area contributed by atoms with Crippen LogP contribution in [-0.2, 0) is 0 Å². The number of hydrogen-bond donors (Lipinski definition) is 1. The summed E-state index contributed by atoms with van der Waals surface area (Å²) in [4.78, 5) is 7.17. The van der Waals surface area contributed by atoms with Crippen LogP contribution in [0.5, 0.6) is 0 Å². The number of benzene rings is 1. The van der Waals surface area contributed by atoms with Crippen LogP contribution >= 0.6 is 0 Å². The van der Waals surface area contributed by atoms with Gasteiger partial charge in [-0.2, -0.15) is 0 Å².